The van der Waals surface area contributed by atoms with Gasteiger partial charge in [-0.25, -0.2) is 9.59 Å². The van der Waals surface area contributed by atoms with Crippen molar-refractivity contribution in [2.45, 2.75) is 38.5 Å². The van der Waals surface area contributed by atoms with Crippen molar-refractivity contribution in [3.05, 3.63) is 71.8 Å². The Morgan fingerprint density at radius 2 is 1.12 bits per heavy atom. The summed E-state index contributed by atoms with van der Waals surface area (Å²) in [6, 6.07) is 16.4. The lowest BCUT2D eigenvalue weighted by Gasteiger charge is -2.28. The SMILES string of the molecule is O=C(O)CCCCCCC(COC(=O)c1ccccc1)(COC(=O)c1ccccc1)C(=O)O. The van der Waals surface area contributed by atoms with E-state index in [1.165, 1.54) is 0 Å². The molecule has 0 amide bonds. The third-order valence-electron chi connectivity index (χ3n) is 5.23. The maximum atomic E-state index is 12.4. The monoisotopic (exact) mass is 456 g/mol. The zero-order valence-corrected chi connectivity index (χ0v) is 18.3. The van der Waals surface area contributed by atoms with Gasteiger partial charge < -0.3 is 19.7 Å². The molecule has 0 heterocycles. The number of aliphatic carboxylic acids is 2. The fourth-order valence-corrected chi connectivity index (χ4v) is 3.23. The highest BCUT2D eigenvalue weighted by Crippen LogP contribution is 2.28. The highest BCUT2D eigenvalue weighted by atomic mass is 16.6. The molecule has 0 bridgehead atoms. The van der Waals surface area contributed by atoms with E-state index < -0.39 is 42.5 Å². The quantitative estimate of drug-likeness (QED) is 0.320. The van der Waals surface area contributed by atoms with E-state index in [0.29, 0.717) is 25.7 Å². The van der Waals surface area contributed by atoms with E-state index in [4.69, 9.17) is 14.6 Å². The molecule has 0 spiro atoms. The van der Waals surface area contributed by atoms with E-state index in [2.05, 4.69) is 0 Å². The van der Waals surface area contributed by atoms with Crippen LogP contribution in [0.4, 0.5) is 0 Å². The molecule has 0 fully saturated rings. The number of hydrogen-bond donors (Lipinski definition) is 2. The molecule has 2 aromatic rings. The average molecular weight is 456 g/mol. The molecule has 0 saturated heterocycles. The molecule has 0 aliphatic rings. The predicted octanol–water partition coefficient (Wildman–Crippen LogP) is 4.20. The molecular weight excluding hydrogens is 428 g/mol. The molecule has 8 heteroatoms. The van der Waals surface area contributed by atoms with Crippen LogP contribution in [0.1, 0.15) is 59.2 Å². The van der Waals surface area contributed by atoms with Gasteiger partial charge >= 0.3 is 23.9 Å². The molecule has 0 aliphatic heterocycles. The summed E-state index contributed by atoms with van der Waals surface area (Å²) in [6.45, 7) is -0.930. The van der Waals surface area contributed by atoms with Crippen molar-refractivity contribution in [1.29, 1.82) is 0 Å². The number of carbonyl (C=O) groups excluding carboxylic acids is 2. The topological polar surface area (TPSA) is 127 Å². The maximum Gasteiger partial charge on any atom is 0.338 e. The van der Waals surface area contributed by atoms with Crippen LogP contribution in [-0.2, 0) is 19.1 Å². The fourth-order valence-electron chi connectivity index (χ4n) is 3.23. The Bertz CT molecular complexity index is 868. The van der Waals surface area contributed by atoms with E-state index in [9.17, 15) is 24.3 Å². The smallest absolute Gasteiger partial charge is 0.338 e. The van der Waals surface area contributed by atoms with Crippen molar-refractivity contribution < 1.29 is 38.9 Å². The summed E-state index contributed by atoms with van der Waals surface area (Å²) in [6.07, 6.45) is 2.29. The van der Waals surface area contributed by atoms with Gasteiger partial charge in [0.05, 0.1) is 11.1 Å². The van der Waals surface area contributed by atoms with Gasteiger partial charge in [0.1, 0.15) is 18.6 Å². The Morgan fingerprint density at radius 1 is 0.667 bits per heavy atom. The zero-order valence-electron chi connectivity index (χ0n) is 18.3. The number of benzene rings is 2. The first-order valence-electron chi connectivity index (χ1n) is 10.7. The number of unbranched alkanes of at least 4 members (excludes halogenated alkanes) is 3. The van der Waals surface area contributed by atoms with Gasteiger partial charge in [0, 0.05) is 6.42 Å². The second-order valence-corrected chi connectivity index (χ2v) is 7.78. The van der Waals surface area contributed by atoms with Gasteiger partial charge in [0.15, 0.2) is 0 Å². The first kappa shape index (κ1) is 25.6. The first-order valence-corrected chi connectivity index (χ1v) is 10.7. The second kappa shape index (κ2) is 13.0. The van der Waals surface area contributed by atoms with Crippen LogP contribution in [0.15, 0.2) is 60.7 Å². The maximum absolute atomic E-state index is 12.4. The largest absolute Gasteiger partial charge is 0.481 e. The van der Waals surface area contributed by atoms with Crippen LogP contribution in [0.5, 0.6) is 0 Å². The number of carboxylic acid groups (broad SMARTS) is 2. The summed E-state index contributed by atoms with van der Waals surface area (Å²) >= 11 is 0. The molecule has 0 saturated carbocycles. The van der Waals surface area contributed by atoms with Crippen molar-refractivity contribution in [3.8, 4) is 0 Å². The van der Waals surface area contributed by atoms with Crippen molar-refractivity contribution in [2.75, 3.05) is 13.2 Å². The van der Waals surface area contributed by atoms with Crippen molar-refractivity contribution in [3.63, 3.8) is 0 Å². The Hall–Kier alpha value is -3.68. The van der Waals surface area contributed by atoms with E-state index >= 15 is 0 Å². The van der Waals surface area contributed by atoms with E-state index in [1.807, 2.05) is 0 Å². The Balaban J connectivity index is 2.07. The molecular formula is C25H28O8. The highest BCUT2D eigenvalue weighted by Gasteiger charge is 2.41. The van der Waals surface area contributed by atoms with Crippen LogP contribution in [0, 0.1) is 5.41 Å². The normalized spacial score (nSPS) is 10.9. The summed E-state index contributed by atoms with van der Waals surface area (Å²) in [4.78, 5) is 47.7. The Labute approximate surface area is 192 Å². The molecule has 0 aromatic heterocycles. The van der Waals surface area contributed by atoms with Gasteiger partial charge in [-0.15, -0.1) is 0 Å². The number of esters is 2. The molecule has 0 aliphatic carbocycles. The first-order chi connectivity index (χ1) is 15.8. The molecule has 33 heavy (non-hydrogen) atoms. The number of carboxylic acids is 2. The molecule has 8 nitrogen and oxygen atoms in total. The lowest BCUT2D eigenvalue weighted by atomic mass is 9.83. The Kier molecular flexibility index (Phi) is 10.1. The average Bonchev–Trinajstić information content (AvgIpc) is 2.82. The number of hydrogen-bond acceptors (Lipinski definition) is 6. The highest BCUT2D eigenvalue weighted by molar-refractivity contribution is 5.90. The molecule has 0 atom stereocenters. The van der Waals surface area contributed by atoms with Gasteiger partial charge in [-0.05, 0) is 37.1 Å². The fraction of sp³-hybridized carbons (Fsp3) is 0.360. The van der Waals surface area contributed by atoms with Crippen molar-refractivity contribution in [1.82, 2.24) is 0 Å². The third kappa shape index (κ3) is 8.40. The van der Waals surface area contributed by atoms with E-state index in [-0.39, 0.29) is 24.0 Å². The summed E-state index contributed by atoms with van der Waals surface area (Å²) in [5.41, 5.74) is -1.06. The van der Waals surface area contributed by atoms with Gasteiger partial charge in [-0.3, -0.25) is 9.59 Å². The second-order valence-electron chi connectivity index (χ2n) is 7.78. The molecule has 176 valence electrons. The van der Waals surface area contributed by atoms with Crippen LogP contribution in [0.3, 0.4) is 0 Å². The van der Waals surface area contributed by atoms with Crippen LogP contribution >= 0.6 is 0 Å². The van der Waals surface area contributed by atoms with Crippen molar-refractivity contribution in [2.24, 2.45) is 5.41 Å². The van der Waals surface area contributed by atoms with Gasteiger partial charge in [0.2, 0.25) is 0 Å². The van der Waals surface area contributed by atoms with E-state index in [1.54, 1.807) is 60.7 Å². The predicted molar refractivity (Wildman–Crippen MR) is 119 cm³/mol. The van der Waals surface area contributed by atoms with Gasteiger partial charge in [0.25, 0.3) is 0 Å². The standard InChI is InChI=1S/C25H28O8/c26-21(27)15-9-1-2-10-16-25(24(30)31,17-32-22(28)19-11-5-3-6-12-19)18-33-23(29)20-13-7-4-8-14-20/h3-8,11-14H,1-2,9-10,15-18H2,(H,26,27)(H,30,31). The minimum atomic E-state index is -1.62. The zero-order chi connectivity index (χ0) is 24.1. The third-order valence-corrected chi connectivity index (χ3v) is 5.23. The summed E-state index contributed by atoms with van der Waals surface area (Å²) in [7, 11) is 0. The van der Waals surface area contributed by atoms with Crippen LogP contribution in [0.25, 0.3) is 0 Å². The van der Waals surface area contributed by atoms with E-state index in [0.717, 1.165) is 0 Å². The molecule has 0 unspecified atom stereocenters. The lowest BCUT2D eigenvalue weighted by molar-refractivity contribution is -0.155. The Morgan fingerprint density at radius 3 is 1.55 bits per heavy atom. The van der Waals surface area contributed by atoms with Gasteiger partial charge in [-0.2, -0.15) is 0 Å². The van der Waals surface area contributed by atoms with Crippen LogP contribution in [-0.4, -0.2) is 47.3 Å². The molecule has 2 aromatic carbocycles. The molecule has 2 N–H and O–H groups in total. The minimum Gasteiger partial charge on any atom is -0.481 e. The van der Waals surface area contributed by atoms with Crippen molar-refractivity contribution >= 4 is 23.9 Å². The lowest BCUT2D eigenvalue weighted by Crippen LogP contribution is -2.42. The summed E-state index contributed by atoms with van der Waals surface area (Å²) < 4.78 is 10.6. The molecule has 2 rings (SSSR count). The number of ether oxygens (including phenoxy) is 2. The van der Waals surface area contributed by atoms with Crippen LogP contribution in [0.2, 0.25) is 0 Å². The number of rotatable bonds is 14. The van der Waals surface area contributed by atoms with Gasteiger partial charge in [-0.1, -0.05) is 55.7 Å². The van der Waals surface area contributed by atoms with Crippen LogP contribution < -0.4 is 0 Å². The number of carbonyl (C=O) groups is 4. The minimum absolute atomic E-state index is 0.0491. The molecule has 0 radical (unpaired) electrons. The summed E-state index contributed by atoms with van der Waals surface area (Å²) in [5.74, 6) is -3.46. The summed E-state index contributed by atoms with van der Waals surface area (Å²) in [5, 5.41) is 18.7.